The molecule has 0 amide bonds. The van der Waals surface area contributed by atoms with E-state index in [-0.39, 0.29) is 10.2 Å². The van der Waals surface area contributed by atoms with Gasteiger partial charge in [-0.15, -0.1) is 0 Å². The molecule has 6 heteroatoms. The molecule has 0 aliphatic heterocycles. The van der Waals surface area contributed by atoms with Crippen LogP contribution in [-0.2, 0) is 19.4 Å². The number of ether oxygens (including phenoxy) is 1. The Labute approximate surface area is 96.3 Å². The molecule has 0 aliphatic rings. The maximum atomic E-state index is 11.8. The molecule has 0 saturated heterocycles. The van der Waals surface area contributed by atoms with Gasteiger partial charge in [0.1, 0.15) is 0 Å². The Morgan fingerprint density at radius 3 is 2.40 bits per heavy atom. The van der Waals surface area contributed by atoms with Gasteiger partial charge in [-0.25, -0.2) is 13.2 Å². The molecular formula is C9H8BrO4S. The van der Waals surface area contributed by atoms with Crippen molar-refractivity contribution in [3.63, 3.8) is 0 Å². The molecule has 4 nitrogen and oxygen atoms in total. The highest BCUT2D eigenvalue weighted by Gasteiger charge is 2.27. The van der Waals surface area contributed by atoms with Gasteiger partial charge in [0.15, 0.2) is 0 Å². The minimum absolute atomic E-state index is 0.0134. The summed E-state index contributed by atoms with van der Waals surface area (Å²) in [6.07, 6.45) is 0. The fraction of sp³-hybridized carbons (Fsp3) is 0.222. The van der Waals surface area contributed by atoms with Gasteiger partial charge in [-0.05, 0) is 12.1 Å². The summed E-state index contributed by atoms with van der Waals surface area (Å²) in [7, 11) is -3.64. The van der Waals surface area contributed by atoms with Gasteiger partial charge < -0.3 is 4.74 Å². The molecule has 0 aliphatic carbocycles. The topological polar surface area (TPSA) is 60.4 Å². The number of hydrogen-bond donors (Lipinski definition) is 0. The number of sulfone groups is 1. The monoisotopic (exact) mass is 291 g/mol. The van der Waals surface area contributed by atoms with Crippen molar-refractivity contribution in [2.75, 3.05) is 5.33 Å². The van der Waals surface area contributed by atoms with Crippen LogP contribution in [0, 0.1) is 0 Å². The maximum absolute atomic E-state index is 11.8. The predicted octanol–water partition coefficient (Wildman–Crippen LogP) is 1.27. The lowest BCUT2D eigenvalue weighted by Gasteiger charge is -2.12. The van der Waals surface area contributed by atoms with Crippen LogP contribution >= 0.6 is 15.9 Å². The summed E-state index contributed by atoms with van der Waals surface area (Å²) in [6, 6.07) is 7.79. The fourth-order valence-corrected chi connectivity index (χ4v) is 3.34. The molecule has 15 heavy (non-hydrogen) atoms. The zero-order valence-corrected chi connectivity index (χ0v) is 9.99. The van der Waals surface area contributed by atoms with Gasteiger partial charge in [0, 0.05) is 0 Å². The van der Waals surface area contributed by atoms with Gasteiger partial charge in [-0.2, -0.15) is 0 Å². The third-order valence-corrected chi connectivity index (χ3v) is 4.62. The Bertz CT molecular complexity index is 415. The Hall–Kier alpha value is -0.880. The van der Waals surface area contributed by atoms with Crippen molar-refractivity contribution < 1.29 is 17.9 Å². The summed E-state index contributed by atoms with van der Waals surface area (Å²) in [6.45, 7) is 1.14. The van der Waals surface area contributed by atoms with Crippen LogP contribution < -0.4 is 0 Å². The van der Waals surface area contributed by atoms with Crippen LogP contribution in [0.3, 0.4) is 0 Å². The van der Waals surface area contributed by atoms with Crippen LogP contribution in [0.2, 0.25) is 0 Å². The Morgan fingerprint density at radius 2 is 1.93 bits per heavy atom. The molecule has 1 aromatic rings. The zero-order chi connectivity index (χ0) is 11.3. The second-order valence-corrected chi connectivity index (χ2v) is 5.38. The van der Waals surface area contributed by atoms with Crippen molar-refractivity contribution in [1.29, 1.82) is 0 Å². The zero-order valence-electron chi connectivity index (χ0n) is 7.59. The van der Waals surface area contributed by atoms with Crippen LogP contribution in [0.1, 0.15) is 0 Å². The maximum Gasteiger partial charge on any atom is 0.418 e. The first-order valence-electron chi connectivity index (χ1n) is 4.00. The van der Waals surface area contributed by atoms with E-state index < -0.39 is 15.3 Å². The average Bonchev–Trinajstić information content (AvgIpc) is 2.27. The van der Waals surface area contributed by atoms with Gasteiger partial charge in [0.25, 0.3) is 0 Å². The lowest BCUT2D eigenvalue weighted by Crippen LogP contribution is -2.25. The Balaban J connectivity index is 3.06. The van der Waals surface area contributed by atoms with E-state index in [1.165, 1.54) is 12.1 Å². The third-order valence-electron chi connectivity index (χ3n) is 1.72. The first-order valence-corrected chi connectivity index (χ1v) is 6.67. The van der Waals surface area contributed by atoms with Crippen LogP contribution in [0.15, 0.2) is 35.2 Å². The van der Waals surface area contributed by atoms with Crippen LogP contribution in [0.4, 0.5) is 0 Å². The summed E-state index contributed by atoms with van der Waals surface area (Å²) in [5, 5.41) is 0.0134. The summed E-state index contributed by atoms with van der Waals surface area (Å²) in [5.41, 5.74) is -1.24. The smallest absolute Gasteiger partial charge is 0.418 e. The van der Waals surface area contributed by atoms with Gasteiger partial charge in [0.05, 0.1) is 10.2 Å². The van der Waals surface area contributed by atoms with E-state index in [1.54, 1.807) is 18.2 Å². The number of halogens is 1. The molecule has 1 rings (SSSR count). The Morgan fingerprint density at radius 1 is 1.33 bits per heavy atom. The molecule has 81 valence electrons. The van der Waals surface area contributed by atoms with E-state index >= 15 is 0 Å². The molecule has 0 saturated carbocycles. The number of benzene rings is 1. The third kappa shape index (κ3) is 2.79. The summed E-state index contributed by atoms with van der Waals surface area (Å²) in [4.78, 5) is 10.1. The second-order valence-electron chi connectivity index (χ2n) is 2.64. The average molecular weight is 292 g/mol. The number of alkyl halides is 1. The van der Waals surface area contributed by atoms with E-state index in [0.29, 0.717) is 0 Å². The molecule has 1 radical (unpaired) electrons. The minimum Gasteiger partial charge on any atom is -0.436 e. The largest absolute Gasteiger partial charge is 0.436 e. The standard InChI is InChI=1S/C9H8BrO4S/c10-6-9(14-7-11)15(12,13)8-4-2-1-3-5-8/h1-5,9H,6H2. The van der Waals surface area contributed by atoms with Gasteiger partial charge in [0.2, 0.25) is 15.3 Å². The highest BCUT2D eigenvalue weighted by Crippen LogP contribution is 2.17. The highest BCUT2D eigenvalue weighted by molar-refractivity contribution is 9.09. The molecule has 1 aromatic carbocycles. The molecule has 1 unspecified atom stereocenters. The van der Waals surface area contributed by atoms with Crippen molar-refractivity contribution in [1.82, 2.24) is 0 Å². The normalized spacial score (nSPS) is 13.1. The molecular weight excluding hydrogens is 284 g/mol. The van der Waals surface area contributed by atoms with Gasteiger partial charge in [-0.1, -0.05) is 34.1 Å². The summed E-state index contributed by atoms with van der Waals surface area (Å²) < 4.78 is 28.0. The van der Waals surface area contributed by atoms with E-state index in [0.717, 1.165) is 6.47 Å². The van der Waals surface area contributed by atoms with Crippen LogP contribution in [0.5, 0.6) is 0 Å². The minimum atomic E-state index is -3.64. The van der Waals surface area contributed by atoms with Crippen molar-refractivity contribution in [2.24, 2.45) is 0 Å². The Kier molecular flexibility index (Phi) is 4.28. The van der Waals surface area contributed by atoms with Crippen molar-refractivity contribution >= 4 is 32.2 Å². The number of hydrogen-bond acceptors (Lipinski definition) is 4. The van der Waals surface area contributed by atoms with E-state index in [2.05, 4.69) is 20.7 Å². The van der Waals surface area contributed by atoms with E-state index in [1.807, 2.05) is 0 Å². The fourth-order valence-electron chi connectivity index (χ4n) is 0.993. The van der Waals surface area contributed by atoms with Crippen molar-refractivity contribution in [3.8, 4) is 0 Å². The lowest BCUT2D eigenvalue weighted by atomic mass is 10.4. The molecule has 0 fully saturated rings. The first-order chi connectivity index (χ1) is 7.12. The predicted molar refractivity (Wildman–Crippen MR) is 58.0 cm³/mol. The molecule has 1 atom stereocenters. The summed E-state index contributed by atoms with van der Waals surface area (Å²) in [5.74, 6) is 0. The van der Waals surface area contributed by atoms with Crippen LogP contribution in [0.25, 0.3) is 0 Å². The van der Waals surface area contributed by atoms with Crippen molar-refractivity contribution in [2.45, 2.75) is 10.3 Å². The molecule has 0 aromatic heterocycles. The molecule has 0 bridgehead atoms. The molecule has 0 heterocycles. The van der Waals surface area contributed by atoms with Crippen LogP contribution in [-0.4, -0.2) is 25.7 Å². The van der Waals surface area contributed by atoms with E-state index in [4.69, 9.17) is 0 Å². The van der Waals surface area contributed by atoms with E-state index in [9.17, 15) is 13.2 Å². The SMILES string of the molecule is O=[C]OC(CBr)S(=O)(=O)c1ccccc1. The number of rotatable bonds is 5. The molecule has 0 N–H and O–H groups in total. The highest BCUT2D eigenvalue weighted by atomic mass is 79.9. The number of carbonyl (C=O) groups excluding carboxylic acids is 1. The lowest BCUT2D eigenvalue weighted by molar-refractivity contribution is 0.261. The quantitative estimate of drug-likeness (QED) is 0.767. The van der Waals surface area contributed by atoms with Crippen molar-refractivity contribution in [3.05, 3.63) is 30.3 Å². The summed E-state index contributed by atoms with van der Waals surface area (Å²) >= 11 is 2.97. The van der Waals surface area contributed by atoms with Gasteiger partial charge in [-0.3, -0.25) is 0 Å². The molecule has 0 spiro atoms. The second kappa shape index (κ2) is 5.27. The van der Waals surface area contributed by atoms with Gasteiger partial charge >= 0.3 is 6.47 Å². The first kappa shape index (κ1) is 12.2.